The van der Waals surface area contributed by atoms with Crippen molar-refractivity contribution in [1.82, 2.24) is 4.98 Å². The summed E-state index contributed by atoms with van der Waals surface area (Å²) in [5.41, 5.74) is -0.296. The summed E-state index contributed by atoms with van der Waals surface area (Å²) in [4.78, 5) is 17.9. The summed E-state index contributed by atoms with van der Waals surface area (Å²) in [6.07, 6.45) is 1.10. The predicted molar refractivity (Wildman–Crippen MR) is 75.0 cm³/mol. The van der Waals surface area contributed by atoms with E-state index >= 15 is 0 Å². The van der Waals surface area contributed by atoms with Crippen LogP contribution in [0.3, 0.4) is 0 Å². The summed E-state index contributed by atoms with van der Waals surface area (Å²) in [6.45, 7) is 6.05. The molecule has 0 aliphatic carbocycles. The molecule has 0 radical (unpaired) electrons. The van der Waals surface area contributed by atoms with Crippen molar-refractivity contribution in [2.45, 2.75) is 25.7 Å². The number of hydrogen-bond donors (Lipinski definition) is 1. The van der Waals surface area contributed by atoms with E-state index in [0.717, 1.165) is 31.2 Å². The van der Waals surface area contributed by atoms with Crippen LogP contribution >= 0.6 is 11.3 Å². The largest absolute Gasteiger partial charge is 0.481 e. The highest BCUT2D eigenvalue weighted by atomic mass is 32.1. The molecule has 1 aromatic heterocycles. The van der Waals surface area contributed by atoms with Crippen LogP contribution in [-0.4, -0.2) is 42.9 Å². The Bertz CT molecular complexity index is 458. The first-order valence-corrected chi connectivity index (χ1v) is 7.26. The van der Waals surface area contributed by atoms with Crippen molar-refractivity contribution in [2.75, 3.05) is 31.7 Å². The SMILES string of the molecule is COCC1CCN(c2nc(C(C)(C)C(=O)O)cs2)C1. The van der Waals surface area contributed by atoms with Gasteiger partial charge in [0.05, 0.1) is 12.3 Å². The molecule has 19 heavy (non-hydrogen) atoms. The van der Waals surface area contributed by atoms with Crippen molar-refractivity contribution in [3.05, 3.63) is 11.1 Å². The molecule has 0 saturated carbocycles. The van der Waals surface area contributed by atoms with E-state index in [1.165, 1.54) is 11.3 Å². The quantitative estimate of drug-likeness (QED) is 0.895. The van der Waals surface area contributed by atoms with Gasteiger partial charge in [0.25, 0.3) is 0 Å². The monoisotopic (exact) mass is 284 g/mol. The Morgan fingerprint density at radius 1 is 1.68 bits per heavy atom. The molecular formula is C13H20N2O3S. The summed E-state index contributed by atoms with van der Waals surface area (Å²) in [6, 6.07) is 0. The van der Waals surface area contributed by atoms with Gasteiger partial charge in [0.2, 0.25) is 0 Å². The van der Waals surface area contributed by atoms with Crippen LogP contribution in [0, 0.1) is 5.92 Å². The minimum Gasteiger partial charge on any atom is -0.481 e. The number of aliphatic carboxylic acids is 1. The van der Waals surface area contributed by atoms with Crippen molar-refractivity contribution < 1.29 is 14.6 Å². The molecule has 1 saturated heterocycles. The number of rotatable bonds is 5. The molecule has 1 fully saturated rings. The predicted octanol–water partition coefficient (Wildman–Crippen LogP) is 1.98. The minimum atomic E-state index is -0.930. The van der Waals surface area contributed by atoms with Crippen LogP contribution < -0.4 is 4.90 Å². The minimum absolute atomic E-state index is 0.546. The van der Waals surface area contributed by atoms with Crippen molar-refractivity contribution in [1.29, 1.82) is 0 Å². The fraction of sp³-hybridized carbons (Fsp3) is 0.692. The van der Waals surface area contributed by atoms with Gasteiger partial charge in [-0.3, -0.25) is 4.79 Å². The molecule has 0 spiro atoms. The zero-order valence-corrected chi connectivity index (χ0v) is 12.4. The fourth-order valence-corrected chi connectivity index (χ4v) is 3.21. The number of thiazole rings is 1. The molecule has 1 N–H and O–H groups in total. The molecule has 1 atom stereocenters. The van der Waals surface area contributed by atoms with Crippen molar-refractivity contribution in [3.8, 4) is 0 Å². The van der Waals surface area contributed by atoms with E-state index in [-0.39, 0.29) is 0 Å². The molecule has 1 aliphatic heterocycles. The van der Waals surface area contributed by atoms with Gasteiger partial charge in [-0.25, -0.2) is 4.98 Å². The van der Waals surface area contributed by atoms with Crippen LogP contribution in [0.1, 0.15) is 26.0 Å². The van der Waals surface area contributed by atoms with Crippen molar-refractivity contribution in [3.63, 3.8) is 0 Å². The molecule has 6 heteroatoms. The van der Waals surface area contributed by atoms with Crippen LogP contribution in [0.15, 0.2) is 5.38 Å². The van der Waals surface area contributed by atoms with Crippen LogP contribution in [0.25, 0.3) is 0 Å². The van der Waals surface area contributed by atoms with E-state index in [2.05, 4.69) is 9.88 Å². The van der Waals surface area contributed by atoms with E-state index in [4.69, 9.17) is 4.74 Å². The lowest BCUT2D eigenvalue weighted by molar-refractivity contribution is -0.142. The second-order valence-corrected chi connectivity index (χ2v) is 6.34. The Morgan fingerprint density at radius 2 is 2.42 bits per heavy atom. The molecule has 2 rings (SSSR count). The molecule has 5 nitrogen and oxygen atoms in total. The second-order valence-electron chi connectivity index (χ2n) is 5.50. The summed E-state index contributed by atoms with van der Waals surface area (Å²) in [5.74, 6) is -0.298. The second kappa shape index (κ2) is 5.46. The van der Waals surface area contributed by atoms with E-state index < -0.39 is 11.4 Å². The maximum atomic E-state index is 11.2. The maximum absolute atomic E-state index is 11.2. The molecule has 0 aromatic carbocycles. The third-order valence-electron chi connectivity index (χ3n) is 3.63. The average molecular weight is 284 g/mol. The van der Waals surface area contributed by atoms with Crippen LogP contribution in [0.4, 0.5) is 5.13 Å². The maximum Gasteiger partial charge on any atom is 0.315 e. The molecule has 0 bridgehead atoms. The lowest BCUT2D eigenvalue weighted by Gasteiger charge is -2.17. The summed E-state index contributed by atoms with van der Waals surface area (Å²) >= 11 is 1.52. The standard InChI is InChI=1S/C13H20N2O3S/c1-13(2,11(16)17)10-8-19-12(14-10)15-5-4-9(6-15)7-18-3/h8-9H,4-7H2,1-3H3,(H,16,17). The number of carboxylic acids is 1. The Hall–Kier alpha value is -1.14. The highest BCUT2D eigenvalue weighted by molar-refractivity contribution is 7.13. The number of nitrogens with zero attached hydrogens (tertiary/aromatic N) is 2. The molecule has 1 aliphatic rings. The van der Waals surface area contributed by atoms with Gasteiger partial charge in [-0.1, -0.05) is 0 Å². The number of anilines is 1. The Morgan fingerprint density at radius 3 is 3.05 bits per heavy atom. The van der Waals surface area contributed by atoms with Crippen LogP contribution in [0.2, 0.25) is 0 Å². The zero-order chi connectivity index (χ0) is 14.0. The topological polar surface area (TPSA) is 62.7 Å². The van der Waals surface area contributed by atoms with Crippen molar-refractivity contribution >= 4 is 22.4 Å². The van der Waals surface area contributed by atoms with E-state index in [9.17, 15) is 9.90 Å². The van der Waals surface area contributed by atoms with Gasteiger partial charge in [-0.05, 0) is 20.3 Å². The fourth-order valence-electron chi connectivity index (χ4n) is 2.18. The average Bonchev–Trinajstić information content (AvgIpc) is 2.96. The number of methoxy groups -OCH3 is 1. The first-order valence-electron chi connectivity index (χ1n) is 6.38. The Labute approximate surface area is 117 Å². The third-order valence-corrected chi connectivity index (χ3v) is 4.53. The van der Waals surface area contributed by atoms with Gasteiger partial charge < -0.3 is 14.7 Å². The van der Waals surface area contributed by atoms with Crippen LogP contribution in [-0.2, 0) is 14.9 Å². The van der Waals surface area contributed by atoms with Gasteiger partial charge in [0.15, 0.2) is 5.13 Å². The first kappa shape index (κ1) is 14.3. The molecular weight excluding hydrogens is 264 g/mol. The Balaban J connectivity index is 2.08. The first-order chi connectivity index (χ1) is 8.95. The van der Waals surface area contributed by atoms with Gasteiger partial charge in [0, 0.05) is 31.5 Å². The summed E-state index contributed by atoms with van der Waals surface area (Å²) < 4.78 is 5.18. The molecule has 106 valence electrons. The molecule has 0 amide bonds. The number of carbonyl (C=O) groups is 1. The number of hydrogen-bond acceptors (Lipinski definition) is 5. The smallest absolute Gasteiger partial charge is 0.315 e. The van der Waals surface area contributed by atoms with Gasteiger partial charge in [-0.15, -0.1) is 11.3 Å². The van der Waals surface area contributed by atoms with E-state index in [0.29, 0.717) is 11.6 Å². The van der Waals surface area contributed by atoms with Gasteiger partial charge >= 0.3 is 5.97 Å². The lowest BCUT2D eigenvalue weighted by atomic mass is 9.90. The highest BCUT2D eigenvalue weighted by Crippen LogP contribution is 2.31. The number of aromatic nitrogens is 1. The summed E-state index contributed by atoms with van der Waals surface area (Å²) in [5, 5.41) is 12.0. The van der Waals surface area contributed by atoms with Gasteiger partial charge in [0.1, 0.15) is 5.41 Å². The third kappa shape index (κ3) is 2.90. The Kier molecular flexibility index (Phi) is 4.10. The van der Waals surface area contributed by atoms with E-state index in [1.807, 2.05) is 5.38 Å². The van der Waals surface area contributed by atoms with Crippen molar-refractivity contribution in [2.24, 2.45) is 5.92 Å². The molecule has 2 heterocycles. The number of carboxylic acid groups (broad SMARTS) is 1. The van der Waals surface area contributed by atoms with Crippen LogP contribution in [0.5, 0.6) is 0 Å². The molecule has 1 aromatic rings. The highest BCUT2D eigenvalue weighted by Gasteiger charge is 2.33. The number of ether oxygens (including phenoxy) is 1. The molecule has 1 unspecified atom stereocenters. The normalized spacial score (nSPS) is 19.9. The summed E-state index contributed by atoms with van der Waals surface area (Å²) in [7, 11) is 1.72. The lowest BCUT2D eigenvalue weighted by Crippen LogP contribution is -2.29. The van der Waals surface area contributed by atoms with Gasteiger partial charge in [-0.2, -0.15) is 0 Å². The zero-order valence-electron chi connectivity index (χ0n) is 11.5. The van der Waals surface area contributed by atoms with E-state index in [1.54, 1.807) is 21.0 Å².